The van der Waals surface area contributed by atoms with Crippen LogP contribution in [0.25, 0.3) is 11.1 Å². The fraction of sp³-hybridized carbons (Fsp3) is 0.261. The predicted octanol–water partition coefficient (Wildman–Crippen LogP) is 3.41. The summed E-state index contributed by atoms with van der Waals surface area (Å²) < 4.78 is 0. The summed E-state index contributed by atoms with van der Waals surface area (Å²) in [6.45, 7) is 3.33. The van der Waals surface area contributed by atoms with Gasteiger partial charge in [0.1, 0.15) is 5.69 Å². The van der Waals surface area contributed by atoms with Crippen molar-refractivity contribution in [3.63, 3.8) is 0 Å². The number of carbonyl (C=O) groups excluding carboxylic acids is 1. The van der Waals surface area contributed by atoms with Gasteiger partial charge in [0.15, 0.2) is 0 Å². The second kappa shape index (κ2) is 7.90. The second-order valence-electron chi connectivity index (χ2n) is 7.34. The lowest BCUT2D eigenvalue weighted by molar-refractivity contribution is 0.0687. The molecule has 28 heavy (non-hydrogen) atoms. The monoisotopic (exact) mass is 372 g/mol. The van der Waals surface area contributed by atoms with Crippen molar-refractivity contribution >= 4 is 5.91 Å². The van der Waals surface area contributed by atoms with Crippen molar-refractivity contribution in [2.45, 2.75) is 25.3 Å². The van der Waals surface area contributed by atoms with Crippen LogP contribution in [0.5, 0.6) is 0 Å². The lowest BCUT2D eigenvalue weighted by Crippen LogP contribution is -2.49. The summed E-state index contributed by atoms with van der Waals surface area (Å²) in [5, 5.41) is 0. The first-order chi connectivity index (χ1) is 13.6. The molecular weight excluding hydrogens is 348 g/mol. The quantitative estimate of drug-likeness (QED) is 0.765. The van der Waals surface area contributed by atoms with Gasteiger partial charge in [0.05, 0.1) is 6.20 Å². The molecule has 2 unspecified atom stereocenters. The smallest absolute Gasteiger partial charge is 0.274 e. The van der Waals surface area contributed by atoms with E-state index in [1.54, 1.807) is 11.1 Å². The number of benzene rings is 2. The minimum Gasteiger partial charge on any atom is -0.336 e. The Morgan fingerprint density at radius 3 is 2.57 bits per heavy atom. The number of aromatic nitrogens is 2. The number of hydrogen-bond donors (Lipinski definition) is 1. The van der Waals surface area contributed by atoms with Crippen molar-refractivity contribution in [2.75, 3.05) is 13.1 Å². The Bertz CT molecular complexity index is 956. The van der Waals surface area contributed by atoms with Gasteiger partial charge in [-0.15, -0.1) is 0 Å². The van der Waals surface area contributed by atoms with Crippen molar-refractivity contribution in [1.29, 1.82) is 0 Å². The van der Waals surface area contributed by atoms with Crippen molar-refractivity contribution in [2.24, 2.45) is 5.73 Å². The number of rotatable bonds is 3. The van der Waals surface area contributed by atoms with Gasteiger partial charge in [-0.25, -0.2) is 4.98 Å². The Labute approximate surface area is 165 Å². The molecule has 142 valence electrons. The molecule has 0 aliphatic carbocycles. The van der Waals surface area contributed by atoms with Gasteiger partial charge in [0, 0.05) is 37.4 Å². The van der Waals surface area contributed by atoms with Gasteiger partial charge in [-0.05, 0) is 35.6 Å². The summed E-state index contributed by atoms with van der Waals surface area (Å²) in [4.78, 5) is 22.5. The SMILES string of the molecule is Cc1ccccc1-c1ccc(C2CCN(C(=O)c3cnccn3)CC2N)cc1. The van der Waals surface area contributed by atoms with Crippen LogP contribution in [0.3, 0.4) is 0 Å². The first-order valence-corrected chi connectivity index (χ1v) is 9.60. The molecule has 2 atom stereocenters. The van der Waals surface area contributed by atoms with Gasteiger partial charge in [-0.3, -0.25) is 9.78 Å². The third kappa shape index (κ3) is 3.66. The molecular formula is C23H24N4O. The first kappa shape index (κ1) is 18.3. The van der Waals surface area contributed by atoms with Crippen molar-refractivity contribution in [1.82, 2.24) is 14.9 Å². The van der Waals surface area contributed by atoms with Gasteiger partial charge in [-0.2, -0.15) is 0 Å². The van der Waals surface area contributed by atoms with Crippen LogP contribution in [0.2, 0.25) is 0 Å². The molecule has 1 aromatic heterocycles. The summed E-state index contributed by atoms with van der Waals surface area (Å²) in [6.07, 6.45) is 5.45. The fourth-order valence-electron chi connectivity index (χ4n) is 3.96. The maximum atomic E-state index is 12.6. The highest BCUT2D eigenvalue weighted by atomic mass is 16.2. The highest BCUT2D eigenvalue weighted by Crippen LogP contribution is 2.30. The molecule has 1 aliphatic rings. The average molecular weight is 372 g/mol. The van der Waals surface area contributed by atoms with E-state index in [0.29, 0.717) is 18.8 Å². The van der Waals surface area contributed by atoms with Gasteiger partial charge in [0.2, 0.25) is 0 Å². The van der Waals surface area contributed by atoms with E-state index in [0.717, 1.165) is 6.42 Å². The molecule has 1 saturated heterocycles. The van der Waals surface area contributed by atoms with E-state index in [2.05, 4.69) is 65.4 Å². The van der Waals surface area contributed by atoms with Gasteiger partial charge >= 0.3 is 0 Å². The van der Waals surface area contributed by atoms with Crippen LogP contribution in [-0.2, 0) is 0 Å². The second-order valence-corrected chi connectivity index (χ2v) is 7.34. The molecule has 4 rings (SSSR count). The molecule has 2 N–H and O–H groups in total. The Morgan fingerprint density at radius 1 is 1.11 bits per heavy atom. The Hall–Kier alpha value is -3.05. The molecule has 0 bridgehead atoms. The number of carbonyl (C=O) groups is 1. The molecule has 3 aromatic rings. The summed E-state index contributed by atoms with van der Waals surface area (Å²) in [7, 11) is 0. The highest BCUT2D eigenvalue weighted by molar-refractivity contribution is 5.92. The van der Waals surface area contributed by atoms with Gasteiger partial charge < -0.3 is 10.6 Å². The van der Waals surface area contributed by atoms with E-state index < -0.39 is 0 Å². The molecule has 0 saturated carbocycles. The van der Waals surface area contributed by atoms with E-state index in [4.69, 9.17) is 5.73 Å². The first-order valence-electron chi connectivity index (χ1n) is 9.60. The maximum absolute atomic E-state index is 12.6. The van der Waals surface area contributed by atoms with Crippen LogP contribution >= 0.6 is 0 Å². The summed E-state index contributed by atoms with van der Waals surface area (Å²) in [6, 6.07) is 17.0. The molecule has 1 amide bonds. The van der Waals surface area contributed by atoms with E-state index in [9.17, 15) is 4.79 Å². The Kier molecular flexibility index (Phi) is 5.17. The van der Waals surface area contributed by atoms with Crippen LogP contribution in [0.4, 0.5) is 0 Å². The molecule has 1 fully saturated rings. The fourth-order valence-corrected chi connectivity index (χ4v) is 3.96. The van der Waals surface area contributed by atoms with Crippen molar-refractivity contribution in [3.05, 3.63) is 83.9 Å². The van der Waals surface area contributed by atoms with Gasteiger partial charge in [-0.1, -0.05) is 48.5 Å². The van der Waals surface area contributed by atoms with Crippen LogP contribution in [-0.4, -0.2) is 39.9 Å². The normalized spacial score (nSPS) is 19.4. The summed E-state index contributed by atoms with van der Waals surface area (Å²) in [5.74, 6) is 0.147. The largest absolute Gasteiger partial charge is 0.336 e. The predicted molar refractivity (Wildman–Crippen MR) is 110 cm³/mol. The molecule has 0 radical (unpaired) electrons. The number of hydrogen-bond acceptors (Lipinski definition) is 4. The molecule has 2 heterocycles. The number of likely N-dealkylation sites (tertiary alicyclic amines) is 1. The zero-order chi connectivity index (χ0) is 19.5. The molecule has 2 aromatic carbocycles. The third-order valence-corrected chi connectivity index (χ3v) is 5.52. The average Bonchev–Trinajstić information content (AvgIpc) is 2.74. The number of nitrogens with zero attached hydrogens (tertiary/aromatic N) is 3. The number of piperidine rings is 1. The Balaban J connectivity index is 1.46. The van der Waals surface area contributed by atoms with Crippen molar-refractivity contribution in [3.8, 4) is 11.1 Å². The standard InChI is InChI=1S/C23H24N4O/c1-16-4-2-3-5-19(16)17-6-8-18(9-7-17)20-10-13-27(15-21(20)24)23(28)22-14-25-11-12-26-22/h2-9,11-12,14,20-21H,10,13,15,24H2,1H3. The molecule has 0 spiro atoms. The highest BCUT2D eigenvalue weighted by Gasteiger charge is 2.31. The lowest BCUT2D eigenvalue weighted by Gasteiger charge is -2.36. The molecule has 5 heteroatoms. The van der Waals surface area contributed by atoms with E-state index in [1.165, 1.54) is 34.6 Å². The van der Waals surface area contributed by atoms with E-state index in [-0.39, 0.29) is 17.9 Å². The summed E-state index contributed by atoms with van der Waals surface area (Å²) >= 11 is 0. The number of nitrogens with two attached hydrogens (primary N) is 1. The number of aryl methyl sites for hydroxylation is 1. The minimum atomic E-state index is -0.100. The zero-order valence-electron chi connectivity index (χ0n) is 16.0. The molecule has 1 aliphatic heterocycles. The van der Waals surface area contributed by atoms with Crippen LogP contribution in [0.1, 0.15) is 34.0 Å². The lowest BCUT2D eigenvalue weighted by atomic mass is 9.85. The minimum absolute atomic E-state index is 0.0984. The zero-order valence-corrected chi connectivity index (χ0v) is 16.0. The number of amides is 1. The van der Waals surface area contributed by atoms with Crippen LogP contribution in [0, 0.1) is 6.92 Å². The summed E-state index contributed by atoms with van der Waals surface area (Å²) in [5.41, 5.74) is 11.8. The Morgan fingerprint density at radius 2 is 1.89 bits per heavy atom. The van der Waals surface area contributed by atoms with Gasteiger partial charge in [0.25, 0.3) is 5.91 Å². The van der Waals surface area contributed by atoms with E-state index in [1.807, 2.05) is 0 Å². The third-order valence-electron chi connectivity index (χ3n) is 5.52. The van der Waals surface area contributed by atoms with E-state index >= 15 is 0 Å². The molecule has 5 nitrogen and oxygen atoms in total. The van der Waals surface area contributed by atoms with Crippen LogP contribution < -0.4 is 5.73 Å². The van der Waals surface area contributed by atoms with Crippen molar-refractivity contribution < 1.29 is 4.79 Å². The maximum Gasteiger partial charge on any atom is 0.274 e. The van der Waals surface area contributed by atoms with Crippen LogP contribution in [0.15, 0.2) is 67.1 Å². The topological polar surface area (TPSA) is 72.1 Å².